The summed E-state index contributed by atoms with van der Waals surface area (Å²) in [6, 6.07) is 86.1. The predicted octanol–water partition coefficient (Wildman–Crippen LogP) is 17.0. The molecule has 1 aromatic heterocycles. The van der Waals surface area contributed by atoms with E-state index in [0.717, 1.165) is 22.6 Å². The van der Waals surface area contributed by atoms with E-state index in [1.165, 1.54) is 81.0 Å². The Balaban J connectivity index is 1.06. The van der Waals surface area contributed by atoms with Crippen molar-refractivity contribution in [2.75, 3.05) is 4.90 Å². The van der Waals surface area contributed by atoms with Gasteiger partial charge in [0.25, 0.3) is 0 Å². The quantitative estimate of drug-likeness (QED) is 0.148. The SMILES string of the molecule is c1ccc(-c2ccccc2-c2ccccc2-c2ccccc2N(c2ccc(-c3ccc4ccccc4c3)cc2)c2ccc(-c3cccc4sc5ccccc5c34)cc2)cc1. The minimum Gasteiger partial charge on any atom is -0.310 e. The summed E-state index contributed by atoms with van der Waals surface area (Å²) in [7, 11) is 0. The summed E-state index contributed by atoms with van der Waals surface area (Å²) in [5.74, 6) is 0. The number of hydrogen-bond donors (Lipinski definition) is 0. The second-order valence-corrected chi connectivity index (χ2v) is 16.3. The van der Waals surface area contributed by atoms with E-state index in [4.69, 9.17) is 0 Å². The van der Waals surface area contributed by atoms with Gasteiger partial charge in [-0.15, -0.1) is 11.3 Å². The molecule has 11 rings (SSSR count). The zero-order chi connectivity index (χ0) is 39.8. The van der Waals surface area contributed by atoms with Gasteiger partial charge in [0.05, 0.1) is 5.69 Å². The summed E-state index contributed by atoms with van der Waals surface area (Å²) in [5.41, 5.74) is 15.3. The highest BCUT2D eigenvalue weighted by Crippen LogP contribution is 2.46. The second kappa shape index (κ2) is 15.3. The van der Waals surface area contributed by atoms with Crippen LogP contribution in [0, 0.1) is 0 Å². The predicted molar refractivity (Wildman–Crippen MR) is 259 cm³/mol. The van der Waals surface area contributed by atoms with Gasteiger partial charge < -0.3 is 4.90 Å². The normalized spacial score (nSPS) is 11.3. The summed E-state index contributed by atoms with van der Waals surface area (Å²) < 4.78 is 2.63. The number of thiophene rings is 1. The lowest BCUT2D eigenvalue weighted by atomic mass is 9.88. The molecule has 10 aromatic carbocycles. The number of nitrogens with zero attached hydrogens (tertiary/aromatic N) is 1. The molecule has 0 spiro atoms. The van der Waals surface area contributed by atoms with Gasteiger partial charge in [-0.05, 0) is 109 Å². The Morgan fingerprint density at radius 2 is 0.783 bits per heavy atom. The van der Waals surface area contributed by atoms with Crippen molar-refractivity contribution in [1.82, 2.24) is 0 Å². The summed E-state index contributed by atoms with van der Waals surface area (Å²) in [6.45, 7) is 0. The third kappa shape index (κ3) is 6.44. The summed E-state index contributed by atoms with van der Waals surface area (Å²) in [4.78, 5) is 2.42. The molecule has 0 aliphatic heterocycles. The van der Waals surface area contributed by atoms with Crippen molar-refractivity contribution in [1.29, 1.82) is 0 Å². The van der Waals surface area contributed by atoms with E-state index in [1.807, 2.05) is 11.3 Å². The monoisotopic (exact) mass is 781 g/mol. The Labute approximate surface area is 354 Å². The summed E-state index contributed by atoms with van der Waals surface area (Å²) >= 11 is 1.86. The van der Waals surface area contributed by atoms with E-state index in [9.17, 15) is 0 Å². The first-order valence-electron chi connectivity index (χ1n) is 20.5. The van der Waals surface area contributed by atoms with Gasteiger partial charge in [-0.1, -0.05) is 188 Å². The lowest BCUT2D eigenvalue weighted by molar-refractivity contribution is 1.28. The van der Waals surface area contributed by atoms with Crippen LogP contribution in [0.3, 0.4) is 0 Å². The molecule has 1 heterocycles. The van der Waals surface area contributed by atoms with Gasteiger partial charge in [0.2, 0.25) is 0 Å². The van der Waals surface area contributed by atoms with Crippen LogP contribution in [0.2, 0.25) is 0 Å². The fraction of sp³-hybridized carbons (Fsp3) is 0. The van der Waals surface area contributed by atoms with Gasteiger partial charge in [-0.2, -0.15) is 0 Å². The van der Waals surface area contributed by atoms with Gasteiger partial charge >= 0.3 is 0 Å². The molecule has 0 saturated heterocycles. The average molecular weight is 782 g/mol. The Bertz CT molecular complexity index is 3310. The fourth-order valence-electron chi connectivity index (χ4n) is 8.84. The third-order valence-corrected chi connectivity index (χ3v) is 12.8. The van der Waals surface area contributed by atoms with Crippen LogP contribution in [0.15, 0.2) is 237 Å². The van der Waals surface area contributed by atoms with Gasteiger partial charge in [0, 0.05) is 37.1 Å². The maximum Gasteiger partial charge on any atom is 0.0540 e. The third-order valence-electron chi connectivity index (χ3n) is 11.7. The molecule has 2 heteroatoms. The van der Waals surface area contributed by atoms with E-state index >= 15 is 0 Å². The van der Waals surface area contributed by atoms with Gasteiger partial charge in [-0.3, -0.25) is 0 Å². The zero-order valence-electron chi connectivity index (χ0n) is 32.9. The van der Waals surface area contributed by atoms with Crippen molar-refractivity contribution >= 4 is 59.3 Å². The van der Waals surface area contributed by atoms with Crippen LogP contribution in [-0.2, 0) is 0 Å². The van der Waals surface area contributed by atoms with Crippen molar-refractivity contribution in [3.63, 3.8) is 0 Å². The van der Waals surface area contributed by atoms with Crippen LogP contribution in [-0.4, -0.2) is 0 Å². The molecule has 282 valence electrons. The van der Waals surface area contributed by atoms with Crippen LogP contribution < -0.4 is 4.90 Å². The maximum atomic E-state index is 2.42. The Morgan fingerprint density at radius 3 is 1.53 bits per heavy atom. The van der Waals surface area contributed by atoms with E-state index in [0.29, 0.717) is 0 Å². The molecule has 0 saturated carbocycles. The van der Waals surface area contributed by atoms with E-state index in [1.54, 1.807) is 0 Å². The van der Waals surface area contributed by atoms with Crippen molar-refractivity contribution in [2.24, 2.45) is 0 Å². The number of anilines is 3. The smallest absolute Gasteiger partial charge is 0.0540 e. The highest BCUT2D eigenvalue weighted by atomic mass is 32.1. The molecule has 0 N–H and O–H groups in total. The van der Waals surface area contributed by atoms with Crippen LogP contribution in [0.1, 0.15) is 0 Å². The number of rotatable bonds is 8. The number of para-hydroxylation sites is 1. The molecule has 0 amide bonds. The summed E-state index contributed by atoms with van der Waals surface area (Å²) in [6.07, 6.45) is 0. The summed E-state index contributed by atoms with van der Waals surface area (Å²) in [5, 5.41) is 5.13. The topological polar surface area (TPSA) is 3.24 Å². The first-order valence-corrected chi connectivity index (χ1v) is 21.3. The molecule has 0 aliphatic rings. The lowest BCUT2D eigenvalue weighted by Gasteiger charge is -2.29. The molecule has 0 unspecified atom stereocenters. The second-order valence-electron chi connectivity index (χ2n) is 15.2. The molecule has 0 aliphatic carbocycles. The van der Waals surface area contributed by atoms with Crippen LogP contribution in [0.25, 0.3) is 86.6 Å². The van der Waals surface area contributed by atoms with Gasteiger partial charge in [-0.25, -0.2) is 0 Å². The Morgan fingerprint density at radius 1 is 0.283 bits per heavy atom. The molecule has 60 heavy (non-hydrogen) atoms. The van der Waals surface area contributed by atoms with E-state index in [-0.39, 0.29) is 0 Å². The molecular formula is C58H39NS. The molecule has 0 radical (unpaired) electrons. The molecular weight excluding hydrogens is 743 g/mol. The molecule has 1 nitrogen and oxygen atoms in total. The minimum atomic E-state index is 1.09. The Hall–Kier alpha value is -7.52. The van der Waals surface area contributed by atoms with Gasteiger partial charge in [0.15, 0.2) is 0 Å². The Kier molecular flexibility index (Phi) is 9.11. The molecule has 0 bridgehead atoms. The lowest BCUT2D eigenvalue weighted by Crippen LogP contribution is -2.11. The van der Waals surface area contributed by atoms with Crippen molar-refractivity contribution < 1.29 is 0 Å². The fourth-order valence-corrected chi connectivity index (χ4v) is 9.97. The largest absolute Gasteiger partial charge is 0.310 e. The highest BCUT2D eigenvalue weighted by molar-refractivity contribution is 7.25. The van der Waals surface area contributed by atoms with Crippen molar-refractivity contribution in [3.05, 3.63) is 237 Å². The van der Waals surface area contributed by atoms with Crippen LogP contribution in [0.5, 0.6) is 0 Å². The highest BCUT2D eigenvalue weighted by Gasteiger charge is 2.21. The molecule has 0 atom stereocenters. The van der Waals surface area contributed by atoms with Crippen LogP contribution >= 0.6 is 11.3 Å². The zero-order valence-corrected chi connectivity index (χ0v) is 33.7. The number of benzene rings is 10. The van der Waals surface area contributed by atoms with Crippen LogP contribution in [0.4, 0.5) is 17.1 Å². The molecule has 11 aromatic rings. The number of hydrogen-bond acceptors (Lipinski definition) is 2. The molecule has 0 fully saturated rings. The maximum absolute atomic E-state index is 2.42. The average Bonchev–Trinajstić information content (AvgIpc) is 3.72. The number of fused-ring (bicyclic) bond motifs is 4. The van der Waals surface area contributed by atoms with Crippen molar-refractivity contribution in [2.45, 2.75) is 0 Å². The van der Waals surface area contributed by atoms with E-state index in [2.05, 4.69) is 241 Å². The van der Waals surface area contributed by atoms with Gasteiger partial charge in [0.1, 0.15) is 0 Å². The first-order chi connectivity index (χ1) is 29.8. The standard InChI is InChI=1S/C58H39NS/c1-2-16-42(17-3-1)48-19-6-7-20-50(48)51-21-8-9-22-52(51)53-23-10-12-26-55(53)59(46-35-31-41(32-36-46)45-30-29-40-15-4-5-18-44(40)39-45)47-37-33-43(34-38-47)49-25-14-28-57-58(49)54-24-11-13-27-56(54)60-57/h1-39H. The van der Waals surface area contributed by atoms with Crippen molar-refractivity contribution in [3.8, 4) is 55.6 Å². The first kappa shape index (κ1) is 35.6. The van der Waals surface area contributed by atoms with E-state index < -0.39 is 0 Å². The minimum absolute atomic E-state index is 1.09.